The fourth-order valence-corrected chi connectivity index (χ4v) is 3.48. The van der Waals surface area contributed by atoms with Crippen molar-refractivity contribution in [3.63, 3.8) is 0 Å². The molecule has 0 spiro atoms. The zero-order valence-corrected chi connectivity index (χ0v) is 14.3. The summed E-state index contributed by atoms with van der Waals surface area (Å²) in [6.45, 7) is 5.95. The fraction of sp³-hybridized carbons (Fsp3) is 0.412. The molecule has 1 atom stereocenters. The average molecular weight is 326 g/mol. The highest BCUT2D eigenvalue weighted by molar-refractivity contribution is 5.81. The van der Waals surface area contributed by atoms with E-state index in [9.17, 15) is 0 Å². The van der Waals surface area contributed by atoms with Crippen molar-refractivity contribution in [2.24, 2.45) is 4.99 Å². The van der Waals surface area contributed by atoms with E-state index < -0.39 is 0 Å². The number of rotatable bonds is 4. The number of aliphatic imine (C=N–C) groups is 1. The molecule has 0 bridgehead atoms. The molecule has 0 saturated heterocycles. The third-order valence-corrected chi connectivity index (χ3v) is 4.50. The van der Waals surface area contributed by atoms with Gasteiger partial charge >= 0.3 is 0 Å². The van der Waals surface area contributed by atoms with Crippen LogP contribution < -0.4 is 0 Å². The van der Waals surface area contributed by atoms with E-state index in [4.69, 9.17) is 9.83 Å². The molecule has 4 rings (SSSR count). The van der Waals surface area contributed by atoms with E-state index in [0.717, 1.165) is 30.2 Å². The van der Waals surface area contributed by atoms with Crippen molar-refractivity contribution >= 4 is 6.21 Å². The predicted molar refractivity (Wildman–Crippen MR) is 91.2 cm³/mol. The van der Waals surface area contributed by atoms with Gasteiger partial charge in [-0.1, -0.05) is 6.92 Å². The monoisotopic (exact) mass is 326 g/mol. The second-order valence-corrected chi connectivity index (χ2v) is 6.15. The van der Waals surface area contributed by atoms with Gasteiger partial charge in [-0.05, 0) is 25.0 Å². The first-order chi connectivity index (χ1) is 11.7. The van der Waals surface area contributed by atoms with Gasteiger partial charge in [0.1, 0.15) is 24.2 Å². The lowest BCUT2D eigenvalue weighted by Gasteiger charge is -2.40. The van der Waals surface area contributed by atoms with Crippen LogP contribution in [0.5, 0.6) is 0 Å². The minimum absolute atomic E-state index is 0.0255. The standard InChI is InChI=1S/C17H22N6O/c1-4-7-20-10-13(2)16(23-8-5-6-19-23)15-17(20)22-12-21(24-3)11-14(22)9-18-15/h5-6,8-11,16H,4,7,12H2,1-3H3. The Morgan fingerprint density at radius 3 is 2.92 bits per heavy atom. The first-order valence-corrected chi connectivity index (χ1v) is 8.25. The van der Waals surface area contributed by atoms with Gasteiger partial charge in [0.2, 0.25) is 0 Å². The molecule has 1 unspecified atom stereocenters. The highest BCUT2D eigenvalue weighted by Gasteiger charge is 2.37. The Kier molecular flexibility index (Phi) is 3.65. The summed E-state index contributed by atoms with van der Waals surface area (Å²) in [6.07, 6.45) is 11.0. The van der Waals surface area contributed by atoms with Crippen LogP contribution in [0.25, 0.3) is 0 Å². The maximum Gasteiger partial charge on any atom is 0.139 e. The summed E-state index contributed by atoms with van der Waals surface area (Å²) in [7, 11) is 1.68. The van der Waals surface area contributed by atoms with Gasteiger partial charge in [0, 0.05) is 25.1 Å². The van der Waals surface area contributed by atoms with Gasteiger partial charge in [0.15, 0.2) is 0 Å². The Hall–Kier alpha value is -2.54. The molecule has 7 nitrogen and oxygen atoms in total. The van der Waals surface area contributed by atoms with Crippen LogP contribution in [0.15, 0.2) is 58.6 Å². The van der Waals surface area contributed by atoms with Crippen LogP contribution in [-0.2, 0) is 4.84 Å². The molecule has 7 heteroatoms. The molecule has 0 N–H and O–H groups in total. The second-order valence-electron chi connectivity index (χ2n) is 6.15. The topological polar surface area (TPSA) is 49.1 Å². The Morgan fingerprint density at radius 2 is 2.21 bits per heavy atom. The Bertz CT molecular complexity index is 745. The molecule has 0 fully saturated rings. The molecule has 3 aliphatic heterocycles. The van der Waals surface area contributed by atoms with E-state index in [1.165, 1.54) is 5.57 Å². The van der Waals surface area contributed by atoms with Crippen molar-refractivity contribution in [1.82, 2.24) is 24.6 Å². The van der Waals surface area contributed by atoms with Gasteiger partial charge in [0.25, 0.3) is 0 Å². The number of hydrogen-bond donors (Lipinski definition) is 0. The second kappa shape index (κ2) is 5.83. The molecular weight excluding hydrogens is 304 g/mol. The lowest BCUT2D eigenvalue weighted by atomic mass is 10.0. The molecule has 126 valence electrons. The SMILES string of the molecule is CCCN1C=C(C)C(n2cccn2)C2=C1N1CN(OC)C=C1C=N2. The van der Waals surface area contributed by atoms with Crippen molar-refractivity contribution in [2.75, 3.05) is 20.3 Å². The van der Waals surface area contributed by atoms with Gasteiger partial charge in [-0.25, -0.2) is 5.06 Å². The minimum Gasteiger partial charge on any atom is -0.333 e. The number of hydroxylamine groups is 2. The third-order valence-electron chi connectivity index (χ3n) is 4.50. The molecule has 1 aromatic rings. The van der Waals surface area contributed by atoms with Gasteiger partial charge < -0.3 is 9.80 Å². The van der Waals surface area contributed by atoms with E-state index in [0.29, 0.717) is 6.67 Å². The van der Waals surface area contributed by atoms with Gasteiger partial charge in [-0.3, -0.25) is 14.5 Å². The molecule has 0 aromatic carbocycles. The van der Waals surface area contributed by atoms with Crippen molar-refractivity contribution < 1.29 is 4.84 Å². The Labute approximate surface area is 141 Å². The molecule has 0 amide bonds. The zero-order valence-electron chi connectivity index (χ0n) is 14.3. The minimum atomic E-state index is 0.0255. The van der Waals surface area contributed by atoms with Crippen LogP contribution in [0, 0.1) is 0 Å². The maximum absolute atomic E-state index is 5.38. The first kappa shape index (κ1) is 15.0. The summed E-state index contributed by atoms with van der Waals surface area (Å²) in [6, 6.07) is 1.98. The molecule has 0 aliphatic carbocycles. The van der Waals surface area contributed by atoms with Crippen LogP contribution in [0.3, 0.4) is 0 Å². The lowest BCUT2D eigenvalue weighted by Crippen LogP contribution is -2.40. The number of fused-ring (bicyclic) bond motifs is 2. The van der Waals surface area contributed by atoms with Crippen LogP contribution in [-0.4, -0.2) is 51.2 Å². The Morgan fingerprint density at radius 1 is 1.33 bits per heavy atom. The predicted octanol–water partition coefficient (Wildman–Crippen LogP) is 2.29. The molecule has 1 aromatic heterocycles. The van der Waals surface area contributed by atoms with Crippen LogP contribution in [0.2, 0.25) is 0 Å². The molecular formula is C17H22N6O. The van der Waals surface area contributed by atoms with E-state index >= 15 is 0 Å². The average Bonchev–Trinajstić information content (AvgIpc) is 3.23. The number of aromatic nitrogens is 2. The zero-order chi connectivity index (χ0) is 16.7. The quantitative estimate of drug-likeness (QED) is 0.850. The van der Waals surface area contributed by atoms with Crippen LogP contribution in [0.1, 0.15) is 26.3 Å². The van der Waals surface area contributed by atoms with E-state index in [2.05, 4.69) is 34.9 Å². The van der Waals surface area contributed by atoms with E-state index in [1.807, 2.05) is 40.6 Å². The van der Waals surface area contributed by atoms with E-state index in [-0.39, 0.29) is 6.04 Å². The van der Waals surface area contributed by atoms with Crippen LogP contribution >= 0.6 is 0 Å². The van der Waals surface area contributed by atoms with Gasteiger partial charge in [0.05, 0.1) is 25.2 Å². The highest BCUT2D eigenvalue weighted by Crippen LogP contribution is 2.40. The molecule has 24 heavy (non-hydrogen) atoms. The molecule has 3 aliphatic rings. The summed E-state index contributed by atoms with van der Waals surface area (Å²) in [5.74, 6) is 1.12. The largest absolute Gasteiger partial charge is 0.333 e. The van der Waals surface area contributed by atoms with Gasteiger partial charge in [-0.15, -0.1) is 0 Å². The number of allylic oxidation sites excluding steroid dienone is 2. The van der Waals surface area contributed by atoms with Crippen molar-refractivity contribution in [3.8, 4) is 0 Å². The fourth-order valence-electron chi connectivity index (χ4n) is 3.48. The summed E-state index contributed by atoms with van der Waals surface area (Å²) >= 11 is 0. The Balaban J connectivity index is 1.80. The maximum atomic E-state index is 5.38. The third kappa shape index (κ3) is 2.24. The van der Waals surface area contributed by atoms with E-state index in [1.54, 1.807) is 7.11 Å². The number of nitrogens with zero attached hydrogens (tertiary/aromatic N) is 6. The summed E-state index contributed by atoms with van der Waals surface area (Å²) < 4.78 is 1.97. The first-order valence-electron chi connectivity index (χ1n) is 8.25. The summed E-state index contributed by atoms with van der Waals surface area (Å²) in [5.41, 5.74) is 3.31. The van der Waals surface area contributed by atoms with Gasteiger partial charge in [-0.2, -0.15) is 5.10 Å². The van der Waals surface area contributed by atoms with Crippen molar-refractivity contribution in [2.45, 2.75) is 26.3 Å². The smallest absolute Gasteiger partial charge is 0.139 e. The van der Waals surface area contributed by atoms with Crippen molar-refractivity contribution in [1.29, 1.82) is 0 Å². The van der Waals surface area contributed by atoms with Crippen LogP contribution in [0.4, 0.5) is 0 Å². The molecule has 0 radical (unpaired) electrons. The summed E-state index contributed by atoms with van der Waals surface area (Å²) in [4.78, 5) is 14.7. The summed E-state index contributed by atoms with van der Waals surface area (Å²) in [5, 5.41) is 6.27. The van der Waals surface area contributed by atoms with Crippen molar-refractivity contribution in [3.05, 3.63) is 53.6 Å². The normalized spacial score (nSPS) is 22.6. The molecule has 4 heterocycles. The molecule has 0 saturated carbocycles. The highest BCUT2D eigenvalue weighted by atomic mass is 16.7. The lowest BCUT2D eigenvalue weighted by molar-refractivity contribution is -0.0968. The number of hydrogen-bond acceptors (Lipinski definition) is 6.